The maximum absolute atomic E-state index is 14.1. The Hall–Kier alpha value is -2.46. The van der Waals surface area contributed by atoms with E-state index in [-0.39, 0.29) is 12.4 Å². The standard InChI is InChI=1S/C26H34FNO2/c1-4-6-10-18-29-21(3)11-8-7-9-12-22-13-15-25(28-20-22)23-14-16-26(24(27)19-23)30-17-5-2/h5,9,12-16,19-21H,2,4,6-8,10-11,17-18H2,1,3H3. The number of halogens is 1. The smallest absolute Gasteiger partial charge is 0.165 e. The quantitative estimate of drug-likeness (QED) is 0.243. The molecule has 2 rings (SSSR count). The number of hydrogen-bond acceptors (Lipinski definition) is 3. The Morgan fingerprint density at radius 3 is 2.73 bits per heavy atom. The normalized spacial score (nSPS) is 12.2. The van der Waals surface area contributed by atoms with Crippen LogP contribution >= 0.6 is 0 Å². The van der Waals surface area contributed by atoms with Crippen LogP contribution in [0.2, 0.25) is 0 Å². The summed E-state index contributed by atoms with van der Waals surface area (Å²) in [6, 6.07) is 8.79. The molecule has 1 heterocycles. The lowest BCUT2D eigenvalue weighted by molar-refractivity contribution is 0.0566. The number of aromatic nitrogens is 1. The fourth-order valence-corrected chi connectivity index (χ4v) is 3.06. The molecule has 1 aromatic carbocycles. The van der Waals surface area contributed by atoms with Crippen molar-refractivity contribution in [2.45, 2.75) is 58.5 Å². The van der Waals surface area contributed by atoms with Gasteiger partial charge in [-0.2, -0.15) is 0 Å². The molecule has 0 aliphatic heterocycles. The van der Waals surface area contributed by atoms with Crippen molar-refractivity contribution < 1.29 is 13.9 Å². The number of pyridine rings is 1. The topological polar surface area (TPSA) is 31.4 Å². The van der Waals surface area contributed by atoms with Gasteiger partial charge in [-0.3, -0.25) is 4.98 Å². The Labute approximate surface area is 180 Å². The molecule has 0 aliphatic rings. The number of benzene rings is 1. The van der Waals surface area contributed by atoms with Crippen molar-refractivity contribution in [1.29, 1.82) is 0 Å². The molecule has 2 aromatic rings. The molecule has 0 saturated carbocycles. The van der Waals surface area contributed by atoms with Crippen molar-refractivity contribution in [3.05, 3.63) is 66.6 Å². The van der Waals surface area contributed by atoms with Crippen molar-refractivity contribution in [3.63, 3.8) is 0 Å². The molecule has 4 heteroatoms. The highest BCUT2D eigenvalue weighted by atomic mass is 19.1. The first-order chi connectivity index (χ1) is 14.6. The molecule has 0 radical (unpaired) electrons. The van der Waals surface area contributed by atoms with Gasteiger partial charge in [-0.05, 0) is 62.4 Å². The van der Waals surface area contributed by atoms with Crippen LogP contribution in [0, 0.1) is 5.82 Å². The Bertz CT molecular complexity index is 786. The third kappa shape index (κ3) is 8.50. The SMILES string of the molecule is C=CCOc1ccc(-c2ccc(C=CCCCC(C)OCCCCC)cn2)cc1F. The molecule has 0 bridgehead atoms. The molecule has 0 saturated heterocycles. The number of hydrogen-bond donors (Lipinski definition) is 0. The van der Waals surface area contributed by atoms with E-state index in [4.69, 9.17) is 9.47 Å². The highest BCUT2D eigenvalue weighted by Gasteiger charge is 2.07. The second kappa shape index (κ2) is 13.7. The molecule has 0 aliphatic carbocycles. The van der Waals surface area contributed by atoms with E-state index in [1.807, 2.05) is 24.4 Å². The molecule has 0 fully saturated rings. The van der Waals surface area contributed by atoms with E-state index in [2.05, 4.69) is 37.6 Å². The summed E-state index contributed by atoms with van der Waals surface area (Å²) in [4.78, 5) is 4.46. The summed E-state index contributed by atoms with van der Waals surface area (Å²) in [5.74, 6) is -0.178. The highest BCUT2D eigenvalue weighted by Crippen LogP contribution is 2.24. The summed E-state index contributed by atoms with van der Waals surface area (Å²) in [5, 5.41) is 0. The Kier molecular flexibility index (Phi) is 10.9. The van der Waals surface area contributed by atoms with E-state index in [9.17, 15) is 4.39 Å². The molecule has 0 amide bonds. The monoisotopic (exact) mass is 411 g/mol. The van der Waals surface area contributed by atoms with E-state index < -0.39 is 5.82 Å². The Morgan fingerprint density at radius 2 is 2.03 bits per heavy atom. The molecular formula is C26H34FNO2. The first-order valence-electron chi connectivity index (χ1n) is 10.9. The lowest BCUT2D eigenvalue weighted by atomic mass is 10.1. The number of allylic oxidation sites excluding steroid dienone is 1. The van der Waals surface area contributed by atoms with Gasteiger partial charge >= 0.3 is 0 Å². The highest BCUT2D eigenvalue weighted by molar-refractivity contribution is 5.62. The molecule has 162 valence electrons. The van der Waals surface area contributed by atoms with Gasteiger partial charge in [0.25, 0.3) is 0 Å². The van der Waals surface area contributed by atoms with Gasteiger partial charge in [0.2, 0.25) is 0 Å². The lowest BCUT2D eigenvalue weighted by Crippen LogP contribution is -2.08. The van der Waals surface area contributed by atoms with E-state index in [1.165, 1.54) is 18.9 Å². The fourth-order valence-electron chi connectivity index (χ4n) is 3.06. The first kappa shape index (κ1) is 23.8. The van der Waals surface area contributed by atoms with Crippen LogP contribution in [-0.4, -0.2) is 24.3 Å². The van der Waals surface area contributed by atoms with Crippen molar-refractivity contribution in [1.82, 2.24) is 4.98 Å². The molecule has 0 spiro atoms. The Balaban J connectivity index is 1.77. The molecule has 1 aromatic heterocycles. The summed E-state index contributed by atoms with van der Waals surface area (Å²) >= 11 is 0. The van der Waals surface area contributed by atoms with Crippen LogP contribution in [0.15, 0.2) is 55.3 Å². The summed E-state index contributed by atoms with van der Waals surface area (Å²) in [6.07, 6.45) is 14.8. The van der Waals surface area contributed by atoms with Gasteiger partial charge in [0, 0.05) is 18.4 Å². The maximum atomic E-state index is 14.1. The van der Waals surface area contributed by atoms with Crippen molar-refractivity contribution in [2.75, 3.05) is 13.2 Å². The van der Waals surface area contributed by atoms with Gasteiger partial charge in [0.15, 0.2) is 11.6 Å². The lowest BCUT2D eigenvalue weighted by Gasteiger charge is -2.11. The largest absolute Gasteiger partial charge is 0.486 e. The Morgan fingerprint density at radius 1 is 1.17 bits per heavy atom. The minimum Gasteiger partial charge on any atom is -0.486 e. The van der Waals surface area contributed by atoms with Crippen LogP contribution in [0.1, 0.15) is 57.9 Å². The third-order valence-corrected chi connectivity index (χ3v) is 4.81. The van der Waals surface area contributed by atoms with Gasteiger partial charge in [0.1, 0.15) is 6.61 Å². The van der Waals surface area contributed by atoms with Gasteiger partial charge in [-0.1, -0.05) is 50.6 Å². The van der Waals surface area contributed by atoms with Gasteiger partial charge in [0.05, 0.1) is 11.8 Å². The summed E-state index contributed by atoms with van der Waals surface area (Å²) in [7, 11) is 0. The molecule has 1 atom stereocenters. The molecule has 0 N–H and O–H groups in total. The van der Waals surface area contributed by atoms with Gasteiger partial charge in [-0.15, -0.1) is 0 Å². The average Bonchev–Trinajstić information content (AvgIpc) is 2.76. The molecule has 1 unspecified atom stereocenters. The zero-order chi connectivity index (χ0) is 21.6. The molecular weight excluding hydrogens is 377 g/mol. The van der Waals surface area contributed by atoms with E-state index in [1.54, 1.807) is 12.1 Å². The third-order valence-electron chi connectivity index (χ3n) is 4.81. The van der Waals surface area contributed by atoms with Crippen molar-refractivity contribution in [2.24, 2.45) is 0 Å². The van der Waals surface area contributed by atoms with Crippen LogP contribution in [0.3, 0.4) is 0 Å². The molecule has 30 heavy (non-hydrogen) atoms. The van der Waals surface area contributed by atoms with Crippen LogP contribution in [-0.2, 0) is 4.74 Å². The van der Waals surface area contributed by atoms with Crippen molar-refractivity contribution >= 4 is 6.08 Å². The number of ether oxygens (including phenoxy) is 2. The van der Waals surface area contributed by atoms with Gasteiger partial charge < -0.3 is 9.47 Å². The van der Waals surface area contributed by atoms with Crippen LogP contribution in [0.5, 0.6) is 5.75 Å². The van der Waals surface area contributed by atoms with Crippen LogP contribution < -0.4 is 4.74 Å². The van der Waals surface area contributed by atoms with E-state index >= 15 is 0 Å². The minimum atomic E-state index is -0.399. The van der Waals surface area contributed by atoms with E-state index in [0.29, 0.717) is 6.10 Å². The zero-order valence-electron chi connectivity index (χ0n) is 18.3. The number of unbranched alkanes of at least 4 members (excludes halogenated alkanes) is 3. The number of rotatable bonds is 14. The molecule has 3 nitrogen and oxygen atoms in total. The zero-order valence-corrected chi connectivity index (χ0v) is 18.3. The summed E-state index contributed by atoms with van der Waals surface area (Å²) in [6.45, 7) is 9.07. The predicted octanol–water partition coefficient (Wildman–Crippen LogP) is 7.23. The maximum Gasteiger partial charge on any atom is 0.165 e. The summed E-state index contributed by atoms with van der Waals surface area (Å²) < 4.78 is 25.2. The van der Waals surface area contributed by atoms with Crippen molar-refractivity contribution in [3.8, 4) is 17.0 Å². The van der Waals surface area contributed by atoms with Crippen LogP contribution in [0.4, 0.5) is 4.39 Å². The van der Waals surface area contributed by atoms with E-state index in [0.717, 1.165) is 49.1 Å². The summed E-state index contributed by atoms with van der Waals surface area (Å²) in [5.41, 5.74) is 2.49. The second-order valence-corrected chi connectivity index (χ2v) is 7.44. The van der Waals surface area contributed by atoms with Gasteiger partial charge in [-0.25, -0.2) is 4.39 Å². The number of nitrogens with zero attached hydrogens (tertiary/aromatic N) is 1. The minimum absolute atomic E-state index is 0.221. The predicted molar refractivity (Wildman–Crippen MR) is 123 cm³/mol. The fraction of sp³-hybridized carbons (Fsp3) is 0.423. The second-order valence-electron chi connectivity index (χ2n) is 7.44. The average molecular weight is 412 g/mol. The first-order valence-corrected chi connectivity index (χ1v) is 10.9. The van der Waals surface area contributed by atoms with Crippen LogP contribution in [0.25, 0.3) is 17.3 Å².